The Morgan fingerprint density at radius 2 is 2.10 bits per heavy atom. The van der Waals surface area contributed by atoms with Gasteiger partial charge in [-0.2, -0.15) is 0 Å². The average molecular weight is 290 g/mol. The van der Waals surface area contributed by atoms with E-state index in [9.17, 15) is 4.79 Å². The normalized spacial score (nSPS) is 14.8. The predicted octanol–water partition coefficient (Wildman–Crippen LogP) is 2.48. The number of amides is 1. The molecule has 0 heterocycles. The zero-order valence-electron chi connectivity index (χ0n) is 13.2. The molecule has 1 aromatic carbocycles. The highest BCUT2D eigenvalue weighted by molar-refractivity contribution is 5.77. The molecule has 0 bridgehead atoms. The minimum absolute atomic E-state index is 0.0416. The Hall–Kier alpha value is -1.55. The summed E-state index contributed by atoms with van der Waals surface area (Å²) in [5.41, 5.74) is 1.24. The summed E-state index contributed by atoms with van der Waals surface area (Å²) in [6, 6.07) is 7.87. The number of ether oxygens (including phenoxy) is 1. The van der Waals surface area contributed by atoms with Gasteiger partial charge in [-0.1, -0.05) is 12.1 Å². The Balaban J connectivity index is 1.75. The summed E-state index contributed by atoms with van der Waals surface area (Å²) in [5.74, 6) is 1.39. The molecule has 4 heteroatoms. The first-order chi connectivity index (χ1) is 9.92. The summed E-state index contributed by atoms with van der Waals surface area (Å²) in [6.45, 7) is 8.07. The van der Waals surface area contributed by atoms with Crippen molar-refractivity contribution in [3.05, 3.63) is 29.8 Å². The number of hydrogen-bond donors (Lipinski definition) is 2. The van der Waals surface area contributed by atoms with Crippen LogP contribution in [0.2, 0.25) is 0 Å². The van der Waals surface area contributed by atoms with Crippen LogP contribution in [0.4, 0.5) is 0 Å². The number of carbonyl (C=O) groups is 1. The lowest BCUT2D eigenvalue weighted by Crippen LogP contribution is -2.35. The Morgan fingerprint density at radius 3 is 2.76 bits per heavy atom. The molecule has 1 saturated carbocycles. The lowest BCUT2D eigenvalue weighted by molar-refractivity contribution is -0.123. The van der Waals surface area contributed by atoms with E-state index >= 15 is 0 Å². The zero-order valence-corrected chi connectivity index (χ0v) is 13.2. The molecule has 0 aromatic heterocycles. The Morgan fingerprint density at radius 1 is 1.33 bits per heavy atom. The highest BCUT2D eigenvalue weighted by Gasteiger charge is 2.21. The van der Waals surface area contributed by atoms with Gasteiger partial charge in [-0.15, -0.1) is 0 Å². The van der Waals surface area contributed by atoms with E-state index in [4.69, 9.17) is 4.74 Å². The van der Waals surface area contributed by atoms with E-state index in [1.165, 1.54) is 12.8 Å². The third kappa shape index (κ3) is 6.63. The number of nitrogens with one attached hydrogen (secondary N) is 2. The van der Waals surface area contributed by atoms with Gasteiger partial charge >= 0.3 is 0 Å². The largest absolute Gasteiger partial charge is 0.484 e. The molecule has 4 nitrogen and oxygen atoms in total. The molecule has 1 aromatic rings. The van der Waals surface area contributed by atoms with Crippen LogP contribution in [0.15, 0.2) is 24.3 Å². The van der Waals surface area contributed by atoms with Gasteiger partial charge in [-0.3, -0.25) is 4.79 Å². The number of rotatable bonds is 7. The van der Waals surface area contributed by atoms with Crippen LogP contribution in [0.1, 0.15) is 39.2 Å². The maximum Gasteiger partial charge on any atom is 0.257 e. The monoisotopic (exact) mass is 290 g/mol. The fourth-order valence-electron chi connectivity index (χ4n) is 1.89. The first kappa shape index (κ1) is 15.8. The highest BCUT2D eigenvalue weighted by atomic mass is 16.5. The van der Waals surface area contributed by atoms with Crippen molar-refractivity contribution in [3.8, 4) is 5.75 Å². The number of benzene rings is 1. The van der Waals surface area contributed by atoms with Crippen molar-refractivity contribution < 1.29 is 9.53 Å². The molecule has 21 heavy (non-hydrogen) atoms. The van der Waals surface area contributed by atoms with E-state index in [0.717, 1.165) is 24.4 Å². The third-order valence-corrected chi connectivity index (χ3v) is 3.38. The second-order valence-electron chi connectivity index (χ2n) is 6.79. The van der Waals surface area contributed by atoms with E-state index in [-0.39, 0.29) is 18.1 Å². The lowest BCUT2D eigenvalue weighted by Gasteiger charge is -2.20. The molecule has 2 N–H and O–H groups in total. The van der Waals surface area contributed by atoms with Crippen LogP contribution < -0.4 is 15.4 Å². The van der Waals surface area contributed by atoms with E-state index < -0.39 is 0 Å². The molecule has 1 amide bonds. The molecule has 0 atom stereocenters. The Kier molecular flexibility index (Phi) is 5.23. The van der Waals surface area contributed by atoms with Gasteiger partial charge in [0.05, 0.1) is 0 Å². The molecule has 116 valence electrons. The smallest absolute Gasteiger partial charge is 0.257 e. The maximum atomic E-state index is 11.6. The first-order valence-electron chi connectivity index (χ1n) is 7.66. The quantitative estimate of drug-likeness (QED) is 0.811. The minimum Gasteiger partial charge on any atom is -0.484 e. The Bertz CT molecular complexity index is 476. The number of hydrogen-bond acceptors (Lipinski definition) is 3. The highest BCUT2D eigenvalue weighted by Crippen LogP contribution is 2.27. The molecule has 2 rings (SSSR count). The van der Waals surface area contributed by atoms with E-state index in [1.807, 2.05) is 18.2 Å². The van der Waals surface area contributed by atoms with E-state index in [0.29, 0.717) is 5.92 Å². The number of carbonyl (C=O) groups excluding carboxylic acids is 1. The van der Waals surface area contributed by atoms with Crippen molar-refractivity contribution >= 4 is 5.91 Å². The van der Waals surface area contributed by atoms with E-state index in [1.54, 1.807) is 0 Å². The van der Waals surface area contributed by atoms with Crippen molar-refractivity contribution in [1.82, 2.24) is 10.6 Å². The van der Waals surface area contributed by atoms with Gasteiger partial charge in [-0.25, -0.2) is 0 Å². The second kappa shape index (κ2) is 6.94. The molecule has 1 aliphatic carbocycles. The van der Waals surface area contributed by atoms with Gasteiger partial charge in [0.15, 0.2) is 6.61 Å². The van der Waals surface area contributed by atoms with Gasteiger partial charge in [0, 0.05) is 18.6 Å². The van der Waals surface area contributed by atoms with Crippen LogP contribution in [-0.4, -0.2) is 24.6 Å². The lowest BCUT2D eigenvalue weighted by atomic mass is 10.1. The van der Waals surface area contributed by atoms with Gasteiger partial charge in [0.2, 0.25) is 0 Å². The van der Waals surface area contributed by atoms with Crippen molar-refractivity contribution in [2.75, 3.05) is 13.2 Å². The third-order valence-electron chi connectivity index (χ3n) is 3.38. The Labute approximate surface area is 127 Å². The van der Waals surface area contributed by atoms with Crippen LogP contribution >= 0.6 is 0 Å². The van der Waals surface area contributed by atoms with Gasteiger partial charge in [-0.05, 0) is 57.2 Å². The van der Waals surface area contributed by atoms with Crippen molar-refractivity contribution in [3.63, 3.8) is 0 Å². The first-order valence-corrected chi connectivity index (χ1v) is 7.66. The molecule has 0 saturated heterocycles. The van der Waals surface area contributed by atoms with Crippen LogP contribution in [-0.2, 0) is 11.3 Å². The van der Waals surface area contributed by atoms with Gasteiger partial charge < -0.3 is 15.4 Å². The van der Waals surface area contributed by atoms with Crippen LogP contribution in [0.3, 0.4) is 0 Å². The van der Waals surface area contributed by atoms with Crippen LogP contribution in [0.5, 0.6) is 5.75 Å². The predicted molar refractivity (Wildman–Crippen MR) is 84.3 cm³/mol. The minimum atomic E-state index is -0.0416. The van der Waals surface area contributed by atoms with Crippen molar-refractivity contribution in [1.29, 1.82) is 0 Å². The summed E-state index contributed by atoms with van der Waals surface area (Å²) in [5, 5.41) is 6.33. The standard InChI is InChI=1S/C17H26N2O2/c1-17(2,3)19-11-14-5-4-6-15(9-14)21-12-16(20)18-10-13-7-8-13/h4-6,9,13,19H,7-8,10-12H2,1-3H3,(H,18,20). The molecular formula is C17H26N2O2. The van der Waals surface area contributed by atoms with Crippen LogP contribution in [0, 0.1) is 5.92 Å². The summed E-state index contributed by atoms with van der Waals surface area (Å²) in [6.07, 6.45) is 2.48. The SMILES string of the molecule is CC(C)(C)NCc1cccc(OCC(=O)NCC2CC2)c1. The maximum absolute atomic E-state index is 11.6. The van der Waals surface area contributed by atoms with Gasteiger partial charge in [0.25, 0.3) is 5.91 Å². The van der Waals surface area contributed by atoms with Crippen molar-refractivity contribution in [2.24, 2.45) is 5.92 Å². The molecule has 1 aliphatic rings. The van der Waals surface area contributed by atoms with Crippen molar-refractivity contribution in [2.45, 2.75) is 45.7 Å². The summed E-state index contributed by atoms with van der Waals surface area (Å²) < 4.78 is 5.55. The van der Waals surface area contributed by atoms with Gasteiger partial charge in [0.1, 0.15) is 5.75 Å². The fraction of sp³-hybridized carbons (Fsp3) is 0.588. The molecule has 0 radical (unpaired) electrons. The summed E-state index contributed by atoms with van der Waals surface area (Å²) in [4.78, 5) is 11.6. The molecular weight excluding hydrogens is 264 g/mol. The molecule has 0 aliphatic heterocycles. The zero-order chi connectivity index (χ0) is 15.3. The summed E-state index contributed by atoms with van der Waals surface area (Å²) in [7, 11) is 0. The van der Waals surface area contributed by atoms with E-state index in [2.05, 4.69) is 37.5 Å². The van der Waals surface area contributed by atoms with Crippen LogP contribution in [0.25, 0.3) is 0 Å². The fourth-order valence-corrected chi connectivity index (χ4v) is 1.89. The second-order valence-corrected chi connectivity index (χ2v) is 6.79. The molecule has 0 unspecified atom stereocenters. The molecule has 0 spiro atoms. The molecule has 1 fully saturated rings. The topological polar surface area (TPSA) is 50.4 Å². The summed E-state index contributed by atoms with van der Waals surface area (Å²) >= 11 is 0. The average Bonchev–Trinajstić information content (AvgIpc) is 3.24.